The average Bonchev–Trinajstić information content (AvgIpc) is 2.94. The molecule has 1 aliphatic heterocycles. The molecule has 0 spiro atoms. The molecule has 1 saturated heterocycles. The van der Waals surface area contributed by atoms with E-state index in [1.807, 2.05) is 0 Å². The highest BCUT2D eigenvalue weighted by molar-refractivity contribution is 8.00. The Morgan fingerprint density at radius 2 is 2.05 bits per heavy atom. The number of fused-ring (bicyclic) bond motifs is 1. The fourth-order valence-electron chi connectivity index (χ4n) is 2.17. The maximum absolute atomic E-state index is 10.1. The molecule has 9 heteroatoms. The molecular weight excluding hydrogens is 270 g/mol. The van der Waals surface area contributed by atoms with E-state index in [1.165, 1.54) is 24.4 Å². The number of nitrogen functional groups attached to an aromatic ring is 1. The minimum atomic E-state index is -1.00. The van der Waals surface area contributed by atoms with Crippen LogP contribution in [0.1, 0.15) is 5.37 Å². The van der Waals surface area contributed by atoms with E-state index in [1.54, 1.807) is 4.57 Å². The van der Waals surface area contributed by atoms with Gasteiger partial charge in [-0.1, -0.05) is 0 Å². The highest BCUT2D eigenvalue weighted by Crippen LogP contribution is 2.42. The summed E-state index contributed by atoms with van der Waals surface area (Å²) in [7, 11) is 0. The molecule has 0 saturated carbocycles. The van der Waals surface area contributed by atoms with Crippen LogP contribution in [0.25, 0.3) is 11.2 Å². The first-order valence-electron chi connectivity index (χ1n) is 5.69. The predicted octanol–water partition coefficient (Wildman–Crippen LogP) is -1.26. The summed E-state index contributed by atoms with van der Waals surface area (Å²) in [5, 5.41) is 28.2. The molecule has 0 aliphatic carbocycles. The second kappa shape index (κ2) is 4.60. The summed E-state index contributed by atoms with van der Waals surface area (Å²) in [5.74, 6) is 0.264. The number of aliphatic hydroxyl groups is 3. The van der Waals surface area contributed by atoms with Crippen LogP contribution in [0.4, 0.5) is 5.82 Å². The monoisotopic (exact) mass is 283 g/mol. The molecule has 0 aromatic carbocycles. The maximum atomic E-state index is 10.1. The van der Waals surface area contributed by atoms with Gasteiger partial charge < -0.3 is 21.1 Å². The van der Waals surface area contributed by atoms with E-state index in [-0.39, 0.29) is 12.4 Å². The van der Waals surface area contributed by atoms with Crippen molar-refractivity contribution in [3.63, 3.8) is 0 Å². The number of rotatable bonds is 2. The highest BCUT2D eigenvalue weighted by atomic mass is 32.2. The summed E-state index contributed by atoms with van der Waals surface area (Å²) in [6, 6.07) is 0. The molecule has 0 amide bonds. The van der Waals surface area contributed by atoms with Gasteiger partial charge in [0.1, 0.15) is 23.3 Å². The Balaban J connectivity index is 2.04. The topological polar surface area (TPSA) is 130 Å². The van der Waals surface area contributed by atoms with Gasteiger partial charge in [-0.3, -0.25) is 4.57 Å². The maximum Gasteiger partial charge on any atom is 0.166 e. The van der Waals surface area contributed by atoms with E-state index in [9.17, 15) is 10.2 Å². The molecule has 19 heavy (non-hydrogen) atoms. The van der Waals surface area contributed by atoms with Gasteiger partial charge in [0, 0.05) is 0 Å². The van der Waals surface area contributed by atoms with E-state index >= 15 is 0 Å². The predicted molar refractivity (Wildman–Crippen MR) is 69.3 cm³/mol. The summed E-state index contributed by atoms with van der Waals surface area (Å²) in [4.78, 5) is 12.1. The number of aliphatic hydroxyl groups excluding tert-OH is 3. The largest absolute Gasteiger partial charge is 0.395 e. The highest BCUT2D eigenvalue weighted by Gasteiger charge is 2.43. The van der Waals surface area contributed by atoms with Gasteiger partial charge >= 0.3 is 0 Å². The Hall–Kier alpha value is -1.42. The van der Waals surface area contributed by atoms with Gasteiger partial charge in [-0.2, -0.15) is 0 Å². The number of nitrogens with zero attached hydrogens (tertiary/aromatic N) is 4. The van der Waals surface area contributed by atoms with Crippen LogP contribution in [-0.2, 0) is 0 Å². The van der Waals surface area contributed by atoms with Crippen LogP contribution < -0.4 is 5.73 Å². The van der Waals surface area contributed by atoms with E-state index in [0.29, 0.717) is 11.2 Å². The Kier molecular flexibility index (Phi) is 3.05. The molecule has 2 aromatic rings. The number of hydrogen-bond donors (Lipinski definition) is 4. The smallest absolute Gasteiger partial charge is 0.166 e. The summed E-state index contributed by atoms with van der Waals surface area (Å²) >= 11 is 1.28. The number of hydrogen-bond acceptors (Lipinski definition) is 8. The first kappa shape index (κ1) is 12.6. The molecule has 102 valence electrons. The normalized spacial score (nSPS) is 31.1. The van der Waals surface area contributed by atoms with Crippen LogP contribution in [0.3, 0.4) is 0 Å². The van der Waals surface area contributed by atoms with Crippen molar-refractivity contribution >= 4 is 28.7 Å². The van der Waals surface area contributed by atoms with Crippen molar-refractivity contribution in [1.29, 1.82) is 0 Å². The van der Waals surface area contributed by atoms with Crippen molar-refractivity contribution < 1.29 is 15.3 Å². The van der Waals surface area contributed by atoms with Crippen molar-refractivity contribution in [3.05, 3.63) is 12.7 Å². The molecule has 0 radical (unpaired) electrons. The van der Waals surface area contributed by atoms with Crippen molar-refractivity contribution in [3.8, 4) is 0 Å². The molecule has 0 unspecified atom stereocenters. The van der Waals surface area contributed by atoms with Crippen molar-refractivity contribution in [2.24, 2.45) is 0 Å². The molecule has 1 fully saturated rings. The third-order valence-electron chi connectivity index (χ3n) is 3.18. The van der Waals surface area contributed by atoms with E-state index in [2.05, 4.69) is 15.0 Å². The van der Waals surface area contributed by atoms with Crippen molar-refractivity contribution in [2.75, 3.05) is 12.3 Å². The van der Waals surface area contributed by atoms with Crippen LogP contribution in [-0.4, -0.2) is 58.9 Å². The van der Waals surface area contributed by atoms with Gasteiger partial charge in [0.25, 0.3) is 0 Å². The number of imidazole rings is 1. The van der Waals surface area contributed by atoms with Gasteiger partial charge in [-0.05, 0) is 0 Å². The summed E-state index contributed by atoms with van der Waals surface area (Å²) in [5.41, 5.74) is 6.65. The average molecular weight is 283 g/mol. The van der Waals surface area contributed by atoms with Crippen molar-refractivity contribution in [2.45, 2.75) is 22.8 Å². The van der Waals surface area contributed by atoms with Crippen LogP contribution in [0.5, 0.6) is 0 Å². The van der Waals surface area contributed by atoms with E-state index in [4.69, 9.17) is 10.8 Å². The zero-order valence-electron chi connectivity index (χ0n) is 9.79. The van der Waals surface area contributed by atoms with Crippen LogP contribution in [0.2, 0.25) is 0 Å². The third kappa shape index (κ3) is 1.86. The second-order valence-electron chi connectivity index (χ2n) is 4.31. The lowest BCUT2D eigenvalue weighted by molar-refractivity contribution is 0.0113. The Labute approximate surface area is 112 Å². The number of aromatic nitrogens is 4. The van der Waals surface area contributed by atoms with Gasteiger partial charge in [0.05, 0.1) is 24.3 Å². The lowest BCUT2D eigenvalue weighted by Gasteiger charge is -2.16. The van der Waals surface area contributed by atoms with Crippen molar-refractivity contribution in [1.82, 2.24) is 19.5 Å². The molecule has 2 aromatic heterocycles. The minimum Gasteiger partial charge on any atom is -0.395 e. The third-order valence-corrected chi connectivity index (χ3v) is 4.74. The zero-order valence-corrected chi connectivity index (χ0v) is 10.6. The molecule has 1 aliphatic rings. The first-order chi connectivity index (χ1) is 9.13. The molecular formula is C10H13N5O3S. The SMILES string of the molecule is Nc1ncnc2c1ncn2[C@@H]1S[C@H](CO)[C@@H](O)[C@H]1O. The second-order valence-corrected chi connectivity index (χ2v) is 5.67. The van der Waals surface area contributed by atoms with E-state index < -0.39 is 22.8 Å². The summed E-state index contributed by atoms with van der Waals surface area (Å²) < 4.78 is 1.64. The first-order valence-corrected chi connectivity index (χ1v) is 6.63. The van der Waals surface area contributed by atoms with Gasteiger partial charge in [-0.15, -0.1) is 11.8 Å². The fraction of sp³-hybridized carbons (Fsp3) is 0.500. The van der Waals surface area contributed by atoms with Crippen LogP contribution in [0, 0.1) is 0 Å². The minimum absolute atomic E-state index is 0.205. The van der Waals surface area contributed by atoms with Gasteiger partial charge in [0.15, 0.2) is 11.5 Å². The lowest BCUT2D eigenvalue weighted by Crippen LogP contribution is -2.32. The fourth-order valence-corrected chi connectivity index (χ4v) is 3.54. The van der Waals surface area contributed by atoms with Crippen LogP contribution >= 0.6 is 11.8 Å². The van der Waals surface area contributed by atoms with Gasteiger partial charge in [-0.25, -0.2) is 15.0 Å². The molecule has 5 N–H and O–H groups in total. The quantitative estimate of drug-likeness (QED) is 0.537. The standard InChI is InChI=1S/C10H13N5O3S/c11-8-5-9(13-2-12-8)15(3-14-5)10-7(18)6(17)4(1-16)19-10/h2-4,6-7,10,16-18H,1H2,(H2,11,12,13)/t4-,6-,7-,10-/m1/s1. The number of nitrogens with two attached hydrogens (primary N) is 1. The molecule has 4 atom stereocenters. The summed E-state index contributed by atoms with van der Waals surface area (Å²) in [6.07, 6.45) is 0.831. The van der Waals surface area contributed by atoms with Gasteiger partial charge in [0.2, 0.25) is 0 Å². The zero-order chi connectivity index (χ0) is 13.6. The van der Waals surface area contributed by atoms with E-state index in [0.717, 1.165) is 0 Å². The Bertz CT molecular complexity index is 606. The molecule has 3 heterocycles. The Morgan fingerprint density at radius 3 is 2.74 bits per heavy atom. The Morgan fingerprint density at radius 1 is 1.26 bits per heavy atom. The van der Waals surface area contributed by atoms with Crippen LogP contribution in [0.15, 0.2) is 12.7 Å². The molecule has 3 rings (SSSR count). The number of anilines is 1. The lowest BCUT2D eigenvalue weighted by atomic mass is 10.1. The molecule has 8 nitrogen and oxygen atoms in total. The number of thioether (sulfide) groups is 1. The molecule has 0 bridgehead atoms. The summed E-state index contributed by atoms with van der Waals surface area (Å²) in [6.45, 7) is -0.205.